The van der Waals surface area contributed by atoms with Crippen molar-refractivity contribution in [3.05, 3.63) is 85.1 Å². The molecule has 2 aromatic carbocycles. The Morgan fingerprint density at radius 2 is 1.85 bits per heavy atom. The molecule has 5 rings (SSSR count). The van der Waals surface area contributed by atoms with Crippen molar-refractivity contribution in [2.45, 2.75) is 39.2 Å². The normalized spacial score (nSPS) is 13.8. The zero-order valence-electron chi connectivity index (χ0n) is 20.4. The lowest BCUT2D eigenvalue weighted by Gasteiger charge is -2.20. The fourth-order valence-corrected chi connectivity index (χ4v) is 5.47. The van der Waals surface area contributed by atoms with Crippen LogP contribution in [-0.4, -0.2) is 23.1 Å². The molecule has 0 saturated heterocycles. The summed E-state index contributed by atoms with van der Waals surface area (Å²) in [7, 11) is 0. The third-order valence-electron chi connectivity index (χ3n) is 6.17. The molecule has 1 aliphatic heterocycles. The molecule has 1 unspecified atom stereocenters. The molecule has 0 saturated carbocycles. The van der Waals surface area contributed by atoms with Crippen LogP contribution >= 0.6 is 22.9 Å². The summed E-state index contributed by atoms with van der Waals surface area (Å²) in [5.74, 6) is -3.89. The number of esters is 2. The lowest BCUT2D eigenvalue weighted by Crippen LogP contribution is -2.28. The SMILES string of the molecule is Cc1cc(C(C)Nc2sc(Cl)nc2C(=O)OC(=O)C(F)(F)F)c2oc(N3Cc4ccccc4C3)cc(=O)c2c1. The number of benzene rings is 2. The summed E-state index contributed by atoms with van der Waals surface area (Å²) in [6.07, 6.45) is -5.36. The Balaban J connectivity index is 1.48. The molecular formula is C26H19ClF3N3O5S. The number of nitrogens with zero attached hydrogens (tertiary/aromatic N) is 2. The number of aryl methyl sites for hydroxylation is 1. The van der Waals surface area contributed by atoms with E-state index in [4.69, 9.17) is 16.0 Å². The number of alkyl halides is 3. The number of nitrogens with one attached hydrogen (secondary N) is 1. The van der Waals surface area contributed by atoms with Gasteiger partial charge in [0.2, 0.25) is 5.88 Å². The molecule has 0 aliphatic carbocycles. The summed E-state index contributed by atoms with van der Waals surface area (Å²) < 4.78 is 47.8. The molecule has 39 heavy (non-hydrogen) atoms. The van der Waals surface area contributed by atoms with Crippen LogP contribution in [-0.2, 0) is 22.6 Å². The summed E-state index contributed by atoms with van der Waals surface area (Å²) in [6, 6.07) is 12.2. The summed E-state index contributed by atoms with van der Waals surface area (Å²) in [6.45, 7) is 4.65. The molecule has 0 amide bonds. The zero-order chi connectivity index (χ0) is 28.1. The van der Waals surface area contributed by atoms with E-state index in [0.29, 0.717) is 35.5 Å². The van der Waals surface area contributed by atoms with Gasteiger partial charge in [-0.15, -0.1) is 0 Å². The van der Waals surface area contributed by atoms with Gasteiger partial charge < -0.3 is 19.4 Å². The van der Waals surface area contributed by atoms with Crippen LogP contribution in [0.1, 0.15) is 45.7 Å². The average molecular weight is 578 g/mol. The quantitative estimate of drug-likeness (QED) is 0.223. The Morgan fingerprint density at radius 1 is 1.18 bits per heavy atom. The van der Waals surface area contributed by atoms with Crippen molar-refractivity contribution in [3.8, 4) is 0 Å². The van der Waals surface area contributed by atoms with E-state index in [-0.39, 0.29) is 14.9 Å². The van der Waals surface area contributed by atoms with Crippen molar-refractivity contribution in [2.24, 2.45) is 0 Å². The molecule has 0 bridgehead atoms. The monoisotopic (exact) mass is 577 g/mol. The summed E-state index contributed by atoms with van der Waals surface area (Å²) in [5, 5.41) is 3.31. The van der Waals surface area contributed by atoms with Gasteiger partial charge in [-0.1, -0.05) is 53.3 Å². The maximum atomic E-state index is 13.1. The van der Waals surface area contributed by atoms with Crippen molar-refractivity contribution >= 4 is 56.7 Å². The van der Waals surface area contributed by atoms with Gasteiger partial charge in [-0.05, 0) is 36.6 Å². The number of ether oxygens (including phenoxy) is 1. The Morgan fingerprint density at radius 3 is 2.49 bits per heavy atom. The first-order chi connectivity index (χ1) is 18.4. The third-order valence-corrected chi connectivity index (χ3v) is 7.26. The predicted molar refractivity (Wildman–Crippen MR) is 139 cm³/mol. The van der Waals surface area contributed by atoms with Gasteiger partial charge in [-0.25, -0.2) is 14.6 Å². The van der Waals surface area contributed by atoms with E-state index in [1.807, 2.05) is 29.2 Å². The minimum absolute atomic E-state index is 0.0179. The lowest BCUT2D eigenvalue weighted by molar-refractivity contribution is -0.193. The van der Waals surface area contributed by atoms with Crippen molar-refractivity contribution in [1.82, 2.24) is 4.98 Å². The molecule has 1 N–H and O–H groups in total. The second-order valence-corrected chi connectivity index (χ2v) is 10.6. The van der Waals surface area contributed by atoms with Crippen LogP contribution in [0.4, 0.5) is 24.1 Å². The highest BCUT2D eigenvalue weighted by Crippen LogP contribution is 2.36. The molecular weight excluding hydrogens is 559 g/mol. The van der Waals surface area contributed by atoms with E-state index >= 15 is 0 Å². The first-order valence-corrected chi connectivity index (χ1v) is 12.8. The van der Waals surface area contributed by atoms with Crippen LogP contribution in [0, 0.1) is 6.92 Å². The highest BCUT2D eigenvalue weighted by atomic mass is 35.5. The molecule has 0 fully saturated rings. The van der Waals surface area contributed by atoms with Gasteiger partial charge in [0.25, 0.3) is 0 Å². The van der Waals surface area contributed by atoms with Crippen molar-refractivity contribution in [1.29, 1.82) is 0 Å². The van der Waals surface area contributed by atoms with Crippen molar-refractivity contribution in [2.75, 3.05) is 10.2 Å². The molecule has 2 aromatic heterocycles. The fraction of sp³-hybridized carbons (Fsp3) is 0.231. The number of fused-ring (bicyclic) bond motifs is 2. The second-order valence-electron chi connectivity index (χ2n) is 8.99. The third kappa shape index (κ3) is 5.34. The number of anilines is 2. The van der Waals surface area contributed by atoms with E-state index in [1.165, 1.54) is 6.07 Å². The number of carbonyl (C=O) groups excluding carboxylic acids is 2. The predicted octanol–water partition coefficient (Wildman–Crippen LogP) is 6.15. The van der Waals surface area contributed by atoms with E-state index in [1.54, 1.807) is 26.0 Å². The number of thiazole rings is 1. The molecule has 1 aliphatic rings. The van der Waals surface area contributed by atoms with Crippen molar-refractivity contribution < 1.29 is 31.9 Å². The van der Waals surface area contributed by atoms with Crippen LogP contribution in [0.15, 0.2) is 51.7 Å². The minimum Gasteiger partial charge on any atom is -0.440 e. The Hall–Kier alpha value is -3.90. The first-order valence-electron chi connectivity index (χ1n) is 11.6. The fourth-order valence-electron chi connectivity index (χ4n) is 4.38. The van der Waals surface area contributed by atoms with Crippen LogP contribution in [0.25, 0.3) is 11.0 Å². The van der Waals surface area contributed by atoms with Gasteiger partial charge in [-0.3, -0.25) is 4.79 Å². The maximum absolute atomic E-state index is 13.1. The van der Waals surface area contributed by atoms with Gasteiger partial charge >= 0.3 is 18.1 Å². The first kappa shape index (κ1) is 26.7. The smallest absolute Gasteiger partial charge is 0.440 e. The van der Waals surface area contributed by atoms with Gasteiger partial charge in [-0.2, -0.15) is 13.2 Å². The van der Waals surface area contributed by atoms with Crippen LogP contribution < -0.4 is 15.6 Å². The van der Waals surface area contributed by atoms with Crippen LogP contribution in [0.3, 0.4) is 0 Å². The van der Waals surface area contributed by atoms with E-state index < -0.39 is 29.9 Å². The molecule has 1 atom stereocenters. The molecule has 8 nitrogen and oxygen atoms in total. The number of aromatic nitrogens is 1. The van der Waals surface area contributed by atoms with Crippen LogP contribution in [0.5, 0.6) is 0 Å². The van der Waals surface area contributed by atoms with Gasteiger partial charge in [0.05, 0.1) is 11.4 Å². The highest BCUT2D eigenvalue weighted by molar-refractivity contribution is 7.19. The zero-order valence-corrected chi connectivity index (χ0v) is 22.0. The minimum atomic E-state index is -5.36. The van der Waals surface area contributed by atoms with Gasteiger partial charge in [0.15, 0.2) is 15.6 Å². The van der Waals surface area contributed by atoms with Crippen molar-refractivity contribution in [3.63, 3.8) is 0 Å². The maximum Gasteiger partial charge on any atom is 0.491 e. The lowest BCUT2D eigenvalue weighted by atomic mass is 10.0. The number of rotatable bonds is 5. The summed E-state index contributed by atoms with van der Waals surface area (Å²) >= 11 is 6.70. The number of halogens is 4. The van der Waals surface area contributed by atoms with E-state index in [2.05, 4.69) is 15.0 Å². The average Bonchev–Trinajstić information content (AvgIpc) is 3.46. The molecule has 3 heterocycles. The standard InChI is InChI=1S/C26H19ClF3N3O5S/c1-12-7-16(13(2)31-22-20(32-25(27)39-22)23(35)38-24(36)26(28,29)30)21-17(8-12)18(34)9-19(37-21)33-10-14-5-3-4-6-15(14)11-33/h3-9,13,31H,10-11H2,1-2H3. The second kappa shape index (κ2) is 10.0. The molecule has 0 radical (unpaired) electrons. The van der Waals surface area contributed by atoms with Gasteiger partial charge in [0, 0.05) is 24.7 Å². The molecule has 202 valence electrons. The molecule has 13 heteroatoms. The Bertz CT molecular complexity index is 1660. The number of carbonyl (C=O) groups is 2. The number of hydrogen-bond donors (Lipinski definition) is 1. The Kier molecular flexibility index (Phi) is 6.85. The van der Waals surface area contributed by atoms with Gasteiger partial charge in [0.1, 0.15) is 10.6 Å². The highest BCUT2D eigenvalue weighted by Gasteiger charge is 2.43. The summed E-state index contributed by atoms with van der Waals surface area (Å²) in [5.41, 5.74) is 3.06. The van der Waals surface area contributed by atoms with E-state index in [0.717, 1.165) is 28.0 Å². The topological polar surface area (TPSA) is 102 Å². The summed E-state index contributed by atoms with van der Waals surface area (Å²) in [4.78, 5) is 42.2. The van der Waals surface area contributed by atoms with E-state index in [9.17, 15) is 27.6 Å². The van der Waals surface area contributed by atoms with Crippen LogP contribution in [0.2, 0.25) is 4.47 Å². The molecule has 0 spiro atoms. The molecule has 4 aromatic rings. The Labute approximate surface area is 228 Å². The largest absolute Gasteiger partial charge is 0.491 e. The number of hydrogen-bond acceptors (Lipinski definition) is 9.